The fourth-order valence-electron chi connectivity index (χ4n) is 5.05. The Hall–Kier alpha value is -4.02. The van der Waals surface area contributed by atoms with Crippen molar-refractivity contribution >= 4 is 39.3 Å². The molecule has 0 saturated carbocycles. The highest BCUT2D eigenvalue weighted by Crippen LogP contribution is 2.38. The van der Waals surface area contributed by atoms with Crippen molar-refractivity contribution in [2.75, 3.05) is 13.7 Å². The highest BCUT2D eigenvalue weighted by atomic mass is 79.9. The lowest BCUT2D eigenvalue weighted by atomic mass is 9.93. The van der Waals surface area contributed by atoms with Crippen molar-refractivity contribution < 1.29 is 23.4 Å². The maximum Gasteiger partial charge on any atom is 0.338 e. The first-order valence-electron chi connectivity index (χ1n) is 14.2. The smallest absolute Gasteiger partial charge is 0.338 e. The van der Waals surface area contributed by atoms with Gasteiger partial charge in [-0.3, -0.25) is 9.36 Å². The van der Waals surface area contributed by atoms with Crippen LogP contribution >= 0.6 is 27.3 Å². The van der Waals surface area contributed by atoms with Crippen LogP contribution in [0.4, 0.5) is 4.39 Å². The Kier molecular flexibility index (Phi) is 9.51. The molecule has 0 radical (unpaired) electrons. The number of carbonyl (C=O) groups excluding carboxylic acids is 1. The summed E-state index contributed by atoms with van der Waals surface area (Å²) >= 11 is 4.79. The molecule has 4 aromatic rings. The summed E-state index contributed by atoms with van der Waals surface area (Å²) < 4.78 is 33.6. The molecular formula is C34H32BrFN2O5S. The van der Waals surface area contributed by atoms with Crippen LogP contribution in [0, 0.1) is 5.82 Å². The van der Waals surface area contributed by atoms with E-state index < -0.39 is 12.0 Å². The van der Waals surface area contributed by atoms with Gasteiger partial charge in [-0.25, -0.2) is 14.2 Å². The second-order valence-corrected chi connectivity index (χ2v) is 12.4. The topological polar surface area (TPSA) is 79.1 Å². The number of aromatic nitrogens is 1. The average molecular weight is 680 g/mol. The number of thiazole rings is 1. The van der Waals surface area contributed by atoms with E-state index in [9.17, 15) is 14.0 Å². The fraction of sp³-hybridized carbons (Fsp3) is 0.265. The number of hydrogen-bond acceptors (Lipinski definition) is 7. The molecule has 10 heteroatoms. The van der Waals surface area contributed by atoms with Crippen LogP contribution < -0.4 is 24.4 Å². The Balaban J connectivity index is 1.58. The van der Waals surface area contributed by atoms with Gasteiger partial charge in [0.05, 0.1) is 40.0 Å². The lowest BCUT2D eigenvalue weighted by Crippen LogP contribution is -2.39. The van der Waals surface area contributed by atoms with Gasteiger partial charge in [0, 0.05) is 5.56 Å². The molecule has 0 aliphatic carbocycles. The molecule has 1 aliphatic rings. The summed E-state index contributed by atoms with van der Waals surface area (Å²) in [5.41, 5.74) is 3.60. The number of carbonyl (C=O) groups is 1. The van der Waals surface area contributed by atoms with Gasteiger partial charge in [-0.2, -0.15) is 0 Å². The zero-order valence-electron chi connectivity index (χ0n) is 25.0. The molecule has 0 spiro atoms. The van der Waals surface area contributed by atoms with Crippen molar-refractivity contribution in [3.63, 3.8) is 0 Å². The molecule has 0 amide bonds. The number of fused-ring (bicyclic) bond motifs is 1. The molecule has 5 rings (SSSR count). The number of esters is 1. The van der Waals surface area contributed by atoms with E-state index >= 15 is 0 Å². The van der Waals surface area contributed by atoms with E-state index in [-0.39, 0.29) is 24.6 Å². The minimum Gasteiger partial charge on any atom is -0.493 e. The van der Waals surface area contributed by atoms with Crippen molar-refractivity contribution in [2.24, 2.45) is 4.99 Å². The third-order valence-corrected chi connectivity index (χ3v) is 8.89. The molecule has 7 nitrogen and oxygen atoms in total. The van der Waals surface area contributed by atoms with E-state index in [4.69, 9.17) is 14.2 Å². The molecule has 1 aromatic heterocycles. The van der Waals surface area contributed by atoms with Gasteiger partial charge in [-0.05, 0) is 76.7 Å². The number of ether oxygens (including phenoxy) is 3. The van der Waals surface area contributed by atoms with Gasteiger partial charge >= 0.3 is 5.97 Å². The van der Waals surface area contributed by atoms with Crippen LogP contribution in [0.3, 0.4) is 0 Å². The van der Waals surface area contributed by atoms with Crippen LogP contribution in [0.25, 0.3) is 6.08 Å². The summed E-state index contributed by atoms with van der Waals surface area (Å²) in [5, 5.41) is 0. The zero-order chi connectivity index (χ0) is 31.5. The van der Waals surface area contributed by atoms with Crippen LogP contribution in [-0.2, 0) is 16.1 Å². The summed E-state index contributed by atoms with van der Waals surface area (Å²) in [5.74, 6) is 0.304. The van der Waals surface area contributed by atoms with Gasteiger partial charge in [0.15, 0.2) is 16.3 Å². The Bertz CT molecular complexity index is 1930. The molecule has 0 bridgehead atoms. The third-order valence-electron chi connectivity index (χ3n) is 7.32. The minimum atomic E-state index is -0.691. The Labute approximate surface area is 267 Å². The number of halogens is 2. The first-order valence-corrected chi connectivity index (χ1v) is 15.8. The molecule has 44 heavy (non-hydrogen) atoms. The van der Waals surface area contributed by atoms with E-state index in [1.54, 1.807) is 54.8 Å². The van der Waals surface area contributed by atoms with E-state index in [1.165, 1.54) is 24.5 Å². The van der Waals surface area contributed by atoms with Crippen LogP contribution in [0.2, 0.25) is 0 Å². The second-order valence-electron chi connectivity index (χ2n) is 10.5. The van der Waals surface area contributed by atoms with Crippen molar-refractivity contribution in [3.8, 4) is 11.5 Å². The second kappa shape index (κ2) is 13.3. The summed E-state index contributed by atoms with van der Waals surface area (Å²) in [6.45, 7) is 7.96. The maximum absolute atomic E-state index is 14.1. The van der Waals surface area contributed by atoms with E-state index in [0.29, 0.717) is 53.6 Å². The van der Waals surface area contributed by atoms with Crippen LogP contribution in [0.15, 0.2) is 86.2 Å². The van der Waals surface area contributed by atoms with E-state index in [1.807, 2.05) is 24.3 Å². The van der Waals surface area contributed by atoms with Gasteiger partial charge in [0.25, 0.3) is 5.56 Å². The van der Waals surface area contributed by atoms with Gasteiger partial charge < -0.3 is 14.2 Å². The van der Waals surface area contributed by atoms with E-state index in [2.05, 4.69) is 34.8 Å². The van der Waals surface area contributed by atoms with Crippen LogP contribution in [0.5, 0.6) is 11.5 Å². The molecule has 1 aliphatic heterocycles. The molecular weight excluding hydrogens is 647 g/mol. The monoisotopic (exact) mass is 678 g/mol. The Morgan fingerprint density at radius 3 is 2.55 bits per heavy atom. The predicted octanol–water partition coefficient (Wildman–Crippen LogP) is 6.41. The van der Waals surface area contributed by atoms with Gasteiger partial charge in [-0.1, -0.05) is 67.6 Å². The molecule has 0 N–H and O–H groups in total. The number of nitrogens with zero attached hydrogens (tertiary/aromatic N) is 2. The number of hydrogen-bond donors (Lipinski definition) is 0. The average Bonchev–Trinajstić information content (AvgIpc) is 3.30. The normalized spacial score (nSPS) is 14.8. The van der Waals surface area contributed by atoms with Crippen molar-refractivity contribution in [1.82, 2.24) is 4.57 Å². The van der Waals surface area contributed by atoms with E-state index in [0.717, 1.165) is 11.1 Å². The number of rotatable bonds is 9. The molecule has 0 fully saturated rings. The number of benzene rings is 3. The van der Waals surface area contributed by atoms with Crippen molar-refractivity contribution in [2.45, 2.75) is 46.3 Å². The standard InChI is InChI=1S/C34H32BrFN2O5S/c1-6-42-33(40)29-20(4)37-34-38(30(29)23-13-11-22(12-14-23)19(2)3)32(39)28(44-34)17-21-15-25(35)31(27(16-21)41-5)43-18-24-9-7-8-10-26(24)36/h7-17,19,30H,6,18H2,1-5H3/t30-/m1/s1. The summed E-state index contributed by atoms with van der Waals surface area (Å²) in [6.07, 6.45) is 1.75. The first-order chi connectivity index (χ1) is 21.1. The summed E-state index contributed by atoms with van der Waals surface area (Å²) in [4.78, 5) is 32.3. The van der Waals surface area contributed by atoms with Crippen LogP contribution in [-0.4, -0.2) is 24.3 Å². The predicted molar refractivity (Wildman–Crippen MR) is 172 cm³/mol. The Morgan fingerprint density at radius 1 is 1.16 bits per heavy atom. The number of allylic oxidation sites excluding steroid dienone is 1. The molecule has 3 aromatic carbocycles. The first kappa shape index (κ1) is 31.4. The number of methoxy groups -OCH3 is 1. The fourth-order valence-corrected chi connectivity index (χ4v) is 6.67. The van der Waals surface area contributed by atoms with Gasteiger partial charge in [-0.15, -0.1) is 0 Å². The zero-order valence-corrected chi connectivity index (χ0v) is 27.4. The lowest BCUT2D eigenvalue weighted by Gasteiger charge is -2.25. The quantitative estimate of drug-likeness (QED) is 0.191. The molecule has 1 atom stereocenters. The SMILES string of the molecule is CCOC(=O)C1=C(C)N=c2sc(=Cc3cc(Br)c(OCc4ccccc4F)c(OC)c3)c(=O)n2[C@@H]1c1ccc(C(C)C)cc1. The van der Waals surface area contributed by atoms with Crippen LogP contribution in [0.1, 0.15) is 61.9 Å². The molecule has 228 valence electrons. The highest BCUT2D eigenvalue weighted by molar-refractivity contribution is 9.10. The third kappa shape index (κ3) is 6.27. The summed E-state index contributed by atoms with van der Waals surface area (Å²) in [6, 6.07) is 17.2. The summed E-state index contributed by atoms with van der Waals surface area (Å²) in [7, 11) is 1.51. The maximum atomic E-state index is 14.1. The van der Waals surface area contributed by atoms with Gasteiger partial charge in [0.1, 0.15) is 12.4 Å². The highest BCUT2D eigenvalue weighted by Gasteiger charge is 2.33. The molecule has 0 saturated heterocycles. The molecule has 0 unspecified atom stereocenters. The largest absolute Gasteiger partial charge is 0.493 e. The van der Waals surface area contributed by atoms with Crippen molar-refractivity contribution in [1.29, 1.82) is 0 Å². The molecule has 2 heterocycles. The van der Waals surface area contributed by atoms with Gasteiger partial charge in [0.2, 0.25) is 0 Å². The lowest BCUT2D eigenvalue weighted by molar-refractivity contribution is -0.139. The Morgan fingerprint density at radius 2 is 1.89 bits per heavy atom. The van der Waals surface area contributed by atoms with Crippen molar-refractivity contribution in [3.05, 3.63) is 124 Å². The minimum absolute atomic E-state index is 0.0138.